The van der Waals surface area contributed by atoms with Gasteiger partial charge in [0.15, 0.2) is 5.78 Å². The molecule has 1 N–H and O–H groups in total. The van der Waals surface area contributed by atoms with Crippen LogP contribution in [-0.4, -0.2) is 97.2 Å². The summed E-state index contributed by atoms with van der Waals surface area (Å²) in [5, 5.41) is 2.22. The van der Waals surface area contributed by atoms with Crippen LogP contribution in [0.3, 0.4) is 0 Å². The second-order valence-electron chi connectivity index (χ2n) is 15.6. The van der Waals surface area contributed by atoms with E-state index in [0.29, 0.717) is 62.3 Å². The van der Waals surface area contributed by atoms with E-state index in [2.05, 4.69) is 33.2 Å². The lowest BCUT2D eigenvalue weighted by Crippen LogP contribution is -2.54. The summed E-state index contributed by atoms with van der Waals surface area (Å²) < 4.78 is 0. The number of imide groups is 2. The number of aryl methyl sites for hydroxylation is 2. The van der Waals surface area contributed by atoms with E-state index in [9.17, 15) is 28.8 Å². The molecule has 0 aliphatic carbocycles. The number of nitrogens with one attached hydrogen (secondary N) is 1. The van der Waals surface area contributed by atoms with Crippen molar-refractivity contribution in [1.82, 2.24) is 35.0 Å². The smallest absolute Gasteiger partial charge is 0.262 e. The van der Waals surface area contributed by atoms with Gasteiger partial charge in [-0.1, -0.05) is 54.6 Å². The Bertz CT molecular complexity index is 2480. The Balaban J connectivity index is 0.791. The molecule has 304 valence electrons. The molecule has 0 spiro atoms. The first-order chi connectivity index (χ1) is 29.1. The van der Waals surface area contributed by atoms with Gasteiger partial charge in [-0.25, -0.2) is 9.97 Å². The molecule has 2 fully saturated rings. The molecule has 5 aromatic rings. The van der Waals surface area contributed by atoms with Crippen molar-refractivity contribution in [2.24, 2.45) is 0 Å². The Kier molecular flexibility index (Phi) is 11.8. The molecule has 3 aromatic carbocycles. The van der Waals surface area contributed by atoms with Crippen molar-refractivity contribution in [1.29, 1.82) is 0 Å². The summed E-state index contributed by atoms with van der Waals surface area (Å²) >= 11 is 0. The molecule has 0 radical (unpaired) electrons. The molecule has 3 aliphatic rings. The van der Waals surface area contributed by atoms with E-state index in [1.54, 1.807) is 36.8 Å². The molecule has 1 atom stereocenters. The number of amides is 5. The van der Waals surface area contributed by atoms with E-state index in [0.717, 1.165) is 51.5 Å². The lowest BCUT2D eigenvalue weighted by molar-refractivity contribution is -0.136. The predicted octanol–water partition coefficient (Wildman–Crippen LogP) is 4.93. The lowest BCUT2D eigenvalue weighted by Gasteiger charge is -2.35. The Hall–Kier alpha value is -6.73. The van der Waals surface area contributed by atoms with Crippen LogP contribution in [0.4, 0.5) is 0 Å². The minimum absolute atomic E-state index is 0.0433. The first-order valence-corrected chi connectivity index (χ1v) is 20.4. The molecule has 2 aromatic heterocycles. The van der Waals surface area contributed by atoms with Gasteiger partial charge in [-0.2, -0.15) is 0 Å². The van der Waals surface area contributed by atoms with Gasteiger partial charge in [0, 0.05) is 88.1 Å². The highest BCUT2D eigenvalue weighted by atomic mass is 16.2. The van der Waals surface area contributed by atoms with Gasteiger partial charge in [0.1, 0.15) is 11.9 Å². The van der Waals surface area contributed by atoms with Gasteiger partial charge < -0.3 is 4.90 Å². The molecule has 1 unspecified atom stereocenters. The van der Waals surface area contributed by atoms with Crippen LogP contribution in [0.25, 0.3) is 11.3 Å². The molecule has 5 heterocycles. The highest BCUT2D eigenvalue weighted by Crippen LogP contribution is 2.31. The van der Waals surface area contributed by atoms with Gasteiger partial charge in [0.2, 0.25) is 17.7 Å². The van der Waals surface area contributed by atoms with Gasteiger partial charge in [-0.3, -0.25) is 48.9 Å². The molecule has 2 saturated heterocycles. The number of benzene rings is 3. The van der Waals surface area contributed by atoms with Gasteiger partial charge >= 0.3 is 0 Å². The number of rotatable bonds is 13. The van der Waals surface area contributed by atoms with E-state index >= 15 is 0 Å². The van der Waals surface area contributed by atoms with Gasteiger partial charge in [-0.15, -0.1) is 0 Å². The van der Waals surface area contributed by atoms with Crippen molar-refractivity contribution in [2.45, 2.75) is 64.5 Å². The number of piperazine rings is 1. The quantitative estimate of drug-likeness (QED) is 0.128. The first kappa shape index (κ1) is 40.1. The van der Waals surface area contributed by atoms with E-state index in [1.165, 1.54) is 0 Å². The summed E-state index contributed by atoms with van der Waals surface area (Å²) in [5.41, 5.74) is 7.82. The Morgan fingerprint density at radius 1 is 0.833 bits per heavy atom. The average Bonchev–Trinajstić information content (AvgIpc) is 3.51. The summed E-state index contributed by atoms with van der Waals surface area (Å²) in [5.74, 6) is -1.34. The number of nitrogens with zero attached hydrogens (tertiary/aromatic N) is 6. The molecule has 13 nitrogen and oxygen atoms in total. The van der Waals surface area contributed by atoms with Crippen LogP contribution in [0, 0.1) is 6.92 Å². The van der Waals surface area contributed by atoms with Gasteiger partial charge in [-0.05, 0) is 78.3 Å². The molecular formula is C47H45N7O6. The molecule has 13 heteroatoms. The Labute approximate surface area is 347 Å². The van der Waals surface area contributed by atoms with Crippen molar-refractivity contribution < 1.29 is 28.8 Å². The number of ketones is 1. The zero-order chi connectivity index (χ0) is 41.8. The minimum atomic E-state index is -1.02. The summed E-state index contributed by atoms with van der Waals surface area (Å²) in [6.45, 7) is 5.41. The maximum atomic E-state index is 13.4. The highest BCUT2D eigenvalue weighted by Gasteiger charge is 2.45. The number of pyridine rings is 1. The van der Waals surface area contributed by atoms with Crippen LogP contribution in [0.1, 0.15) is 90.4 Å². The van der Waals surface area contributed by atoms with Crippen LogP contribution in [0.2, 0.25) is 0 Å². The third-order valence-corrected chi connectivity index (χ3v) is 11.6. The summed E-state index contributed by atoms with van der Waals surface area (Å²) in [6, 6.07) is 23.7. The lowest BCUT2D eigenvalue weighted by atomic mass is 9.97. The minimum Gasteiger partial charge on any atom is -0.340 e. The number of aromatic nitrogens is 3. The molecule has 0 bridgehead atoms. The molecule has 3 aliphatic heterocycles. The van der Waals surface area contributed by atoms with E-state index < -0.39 is 29.7 Å². The zero-order valence-corrected chi connectivity index (χ0v) is 33.4. The van der Waals surface area contributed by atoms with Crippen LogP contribution in [-0.2, 0) is 40.2 Å². The molecule has 8 rings (SSSR count). The van der Waals surface area contributed by atoms with E-state index in [4.69, 9.17) is 4.98 Å². The average molecular weight is 804 g/mol. The number of carbonyl (C=O) groups is 6. The van der Waals surface area contributed by atoms with Crippen LogP contribution in [0.15, 0.2) is 97.5 Å². The van der Waals surface area contributed by atoms with Gasteiger partial charge in [0.05, 0.1) is 16.8 Å². The second kappa shape index (κ2) is 17.6. The second-order valence-corrected chi connectivity index (χ2v) is 15.6. The number of Topliss-reactive ketones (excluding diaryl/α,β-unsaturated/α-hetero) is 1. The maximum absolute atomic E-state index is 13.4. The predicted molar refractivity (Wildman–Crippen MR) is 222 cm³/mol. The fourth-order valence-corrected chi connectivity index (χ4v) is 8.23. The number of hydrogen-bond donors (Lipinski definition) is 1. The number of carbonyl (C=O) groups excluding carboxylic acids is 6. The van der Waals surface area contributed by atoms with Crippen molar-refractivity contribution in [3.63, 3.8) is 0 Å². The SMILES string of the molecule is Cc1ccc(CC(=O)c2ccc(CN3CCN(C(=O)CCCc4cccc5c4C(=O)N(C4CCC(=O)NC4=O)C5=O)CC3)cc2)cc1Cc1nccc(-c2cccnc2)n1. The van der Waals surface area contributed by atoms with E-state index in [1.807, 2.05) is 59.5 Å². The largest absolute Gasteiger partial charge is 0.340 e. The third-order valence-electron chi connectivity index (χ3n) is 11.6. The van der Waals surface area contributed by atoms with Crippen LogP contribution < -0.4 is 5.32 Å². The molecule has 60 heavy (non-hydrogen) atoms. The standard InChI is InChI=1S/C47H45N7O6/c1-30-10-11-32(25-36(30)27-41-49-20-18-38(50-41)35-7-4-19-48-28-35)26-40(55)33-14-12-31(13-15-33)29-52-21-23-53(24-22-52)43(57)9-3-6-34-5-2-8-37-44(34)47(60)54(46(37)59)39-16-17-42(56)51-45(39)58/h2,4-5,7-8,10-15,18-20,25,28,39H,3,6,9,16-17,21-24,26-27,29H2,1H3,(H,51,56,58). The number of hydrogen-bond acceptors (Lipinski definition) is 10. The summed E-state index contributed by atoms with van der Waals surface area (Å²) in [6.07, 6.45) is 7.51. The van der Waals surface area contributed by atoms with Gasteiger partial charge in [0.25, 0.3) is 11.8 Å². The van der Waals surface area contributed by atoms with E-state index in [-0.39, 0.29) is 42.1 Å². The first-order valence-electron chi connectivity index (χ1n) is 20.4. The highest BCUT2D eigenvalue weighted by molar-refractivity contribution is 6.24. The maximum Gasteiger partial charge on any atom is 0.262 e. The van der Waals surface area contributed by atoms with Crippen molar-refractivity contribution >= 4 is 35.3 Å². The Morgan fingerprint density at radius 3 is 2.40 bits per heavy atom. The zero-order valence-electron chi connectivity index (χ0n) is 33.4. The van der Waals surface area contributed by atoms with Crippen LogP contribution >= 0.6 is 0 Å². The van der Waals surface area contributed by atoms with Crippen molar-refractivity contribution in [3.05, 3.63) is 148 Å². The Morgan fingerprint density at radius 2 is 1.63 bits per heavy atom. The summed E-state index contributed by atoms with van der Waals surface area (Å²) in [7, 11) is 0. The topological polar surface area (TPSA) is 163 Å². The molecule has 5 amide bonds. The number of piperidine rings is 1. The molecular weight excluding hydrogens is 759 g/mol. The van der Waals surface area contributed by atoms with Crippen molar-refractivity contribution in [3.8, 4) is 11.3 Å². The normalized spacial score (nSPS) is 16.9. The van der Waals surface area contributed by atoms with Crippen LogP contribution in [0.5, 0.6) is 0 Å². The molecule has 0 saturated carbocycles. The fraction of sp³-hybridized carbons (Fsp3) is 0.298. The monoisotopic (exact) mass is 803 g/mol. The number of fused-ring (bicyclic) bond motifs is 1. The third kappa shape index (κ3) is 8.81. The van der Waals surface area contributed by atoms with Crippen molar-refractivity contribution in [2.75, 3.05) is 26.2 Å². The fourth-order valence-electron chi connectivity index (χ4n) is 8.23. The summed E-state index contributed by atoms with van der Waals surface area (Å²) in [4.78, 5) is 95.8.